The molecule has 0 fully saturated rings. The highest BCUT2D eigenvalue weighted by atomic mass is 32.2. The van der Waals surface area contributed by atoms with E-state index in [-0.39, 0.29) is 5.56 Å². The van der Waals surface area contributed by atoms with Gasteiger partial charge in [-0.05, 0) is 30.7 Å². The number of fused-ring (bicyclic) bond motifs is 1. The van der Waals surface area contributed by atoms with Crippen LogP contribution in [0.1, 0.15) is 11.1 Å². The normalized spacial score (nSPS) is 16.3. The maximum atomic E-state index is 12.4. The van der Waals surface area contributed by atoms with Gasteiger partial charge in [-0.15, -0.1) is 0 Å². The molecular weight excluding hydrogens is 316 g/mol. The number of methoxy groups -OCH3 is 1. The zero-order chi connectivity index (χ0) is 16.9. The van der Waals surface area contributed by atoms with Crippen LogP contribution in [0.2, 0.25) is 0 Å². The van der Waals surface area contributed by atoms with Gasteiger partial charge in [-0.3, -0.25) is 4.79 Å². The SMILES string of the molecule is COc1cc2c(cc1-c1cc(C)c(=O)n(C)c1)S(=O)(=O)N(C)C2. The molecule has 0 saturated carbocycles. The Balaban J connectivity index is 2.30. The Kier molecular flexibility index (Phi) is 3.57. The zero-order valence-corrected chi connectivity index (χ0v) is 14.3. The van der Waals surface area contributed by atoms with Gasteiger partial charge in [0.2, 0.25) is 10.0 Å². The van der Waals surface area contributed by atoms with E-state index in [0.29, 0.717) is 28.3 Å². The molecule has 0 atom stereocenters. The van der Waals surface area contributed by atoms with Crippen LogP contribution in [-0.4, -0.2) is 31.4 Å². The minimum Gasteiger partial charge on any atom is -0.496 e. The third kappa shape index (κ3) is 2.36. The van der Waals surface area contributed by atoms with Crippen LogP contribution in [-0.2, 0) is 23.6 Å². The summed E-state index contributed by atoms with van der Waals surface area (Å²) in [6.45, 7) is 2.07. The second kappa shape index (κ2) is 5.21. The molecule has 122 valence electrons. The maximum Gasteiger partial charge on any atom is 0.253 e. The van der Waals surface area contributed by atoms with Crippen molar-refractivity contribution >= 4 is 10.0 Å². The summed E-state index contributed by atoms with van der Waals surface area (Å²) >= 11 is 0. The van der Waals surface area contributed by atoms with Crippen molar-refractivity contribution in [3.63, 3.8) is 0 Å². The van der Waals surface area contributed by atoms with Crippen LogP contribution in [0.3, 0.4) is 0 Å². The van der Waals surface area contributed by atoms with Crippen molar-refractivity contribution in [1.29, 1.82) is 0 Å². The smallest absolute Gasteiger partial charge is 0.253 e. The molecule has 0 bridgehead atoms. The van der Waals surface area contributed by atoms with Gasteiger partial charge in [0.25, 0.3) is 5.56 Å². The summed E-state index contributed by atoms with van der Waals surface area (Å²) in [4.78, 5) is 12.2. The number of pyridine rings is 1. The predicted molar refractivity (Wildman–Crippen MR) is 87.1 cm³/mol. The number of hydrogen-bond acceptors (Lipinski definition) is 4. The van der Waals surface area contributed by atoms with E-state index in [2.05, 4.69) is 0 Å². The van der Waals surface area contributed by atoms with Crippen molar-refractivity contribution in [2.45, 2.75) is 18.4 Å². The highest BCUT2D eigenvalue weighted by molar-refractivity contribution is 7.89. The molecule has 0 aliphatic carbocycles. The van der Waals surface area contributed by atoms with Gasteiger partial charge in [-0.1, -0.05) is 0 Å². The van der Waals surface area contributed by atoms with Gasteiger partial charge >= 0.3 is 0 Å². The summed E-state index contributed by atoms with van der Waals surface area (Å²) < 4.78 is 33.0. The van der Waals surface area contributed by atoms with E-state index in [9.17, 15) is 13.2 Å². The lowest BCUT2D eigenvalue weighted by molar-refractivity contribution is 0.415. The molecule has 3 rings (SSSR count). The molecule has 1 aromatic heterocycles. The molecule has 1 aliphatic rings. The second-order valence-corrected chi connectivity index (χ2v) is 7.76. The maximum absolute atomic E-state index is 12.4. The first-order valence-corrected chi connectivity index (χ1v) is 8.54. The number of ether oxygens (including phenoxy) is 1. The highest BCUT2D eigenvalue weighted by Crippen LogP contribution is 2.38. The number of hydrogen-bond donors (Lipinski definition) is 0. The Morgan fingerprint density at radius 3 is 2.48 bits per heavy atom. The Hall–Kier alpha value is -2.12. The molecule has 0 amide bonds. The van der Waals surface area contributed by atoms with Gasteiger partial charge in [0.15, 0.2) is 0 Å². The van der Waals surface area contributed by atoms with Gasteiger partial charge in [0.1, 0.15) is 5.75 Å². The van der Waals surface area contributed by atoms with Crippen LogP contribution in [0.5, 0.6) is 5.75 Å². The van der Waals surface area contributed by atoms with E-state index in [1.807, 2.05) is 0 Å². The zero-order valence-electron chi connectivity index (χ0n) is 13.5. The molecule has 0 spiro atoms. The fourth-order valence-electron chi connectivity index (χ4n) is 2.88. The Morgan fingerprint density at radius 2 is 1.87 bits per heavy atom. The van der Waals surface area contributed by atoms with Crippen molar-refractivity contribution in [3.8, 4) is 16.9 Å². The van der Waals surface area contributed by atoms with E-state index < -0.39 is 10.0 Å². The summed E-state index contributed by atoms with van der Waals surface area (Å²) in [5.74, 6) is 0.590. The first kappa shape index (κ1) is 15.8. The molecule has 0 N–H and O–H groups in total. The van der Waals surface area contributed by atoms with Gasteiger partial charge in [-0.2, -0.15) is 4.31 Å². The van der Waals surface area contributed by atoms with Crippen LogP contribution >= 0.6 is 0 Å². The van der Waals surface area contributed by atoms with Crippen LogP contribution in [0.25, 0.3) is 11.1 Å². The second-order valence-electron chi connectivity index (χ2n) is 5.75. The third-order valence-corrected chi connectivity index (χ3v) is 6.02. The third-order valence-electron chi connectivity index (χ3n) is 4.14. The van der Waals surface area contributed by atoms with Crippen molar-refractivity contribution in [2.75, 3.05) is 14.2 Å². The Bertz CT molecular complexity index is 935. The standard InChI is InChI=1S/C16H18N2O4S/c1-10-5-11(8-17(2)16(10)19)13-7-15-12(6-14(13)22-4)9-18(3)23(15,20)21/h5-8H,9H2,1-4H3. The molecule has 2 aromatic rings. The molecule has 0 unspecified atom stereocenters. The monoisotopic (exact) mass is 334 g/mol. The lowest BCUT2D eigenvalue weighted by atomic mass is 10.0. The van der Waals surface area contributed by atoms with E-state index in [0.717, 1.165) is 11.1 Å². The summed E-state index contributed by atoms with van der Waals surface area (Å²) in [6, 6.07) is 5.14. The van der Waals surface area contributed by atoms with E-state index in [1.54, 1.807) is 52.5 Å². The van der Waals surface area contributed by atoms with Crippen molar-refractivity contribution < 1.29 is 13.2 Å². The van der Waals surface area contributed by atoms with Gasteiger partial charge in [-0.25, -0.2) is 8.42 Å². The molecule has 2 heterocycles. The Morgan fingerprint density at radius 1 is 1.17 bits per heavy atom. The van der Waals surface area contributed by atoms with Crippen molar-refractivity contribution in [1.82, 2.24) is 8.87 Å². The average molecular weight is 334 g/mol. The molecule has 7 heteroatoms. The number of benzene rings is 1. The quantitative estimate of drug-likeness (QED) is 0.835. The highest BCUT2D eigenvalue weighted by Gasteiger charge is 2.33. The first-order chi connectivity index (χ1) is 10.8. The molecule has 1 aromatic carbocycles. The predicted octanol–water partition coefficient (Wildman–Crippen LogP) is 1.50. The topological polar surface area (TPSA) is 68.6 Å². The van der Waals surface area contributed by atoms with Gasteiger partial charge < -0.3 is 9.30 Å². The van der Waals surface area contributed by atoms with Gasteiger partial charge in [0, 0.05) is 43.5 Å². The minimum absolute atomic E-state index is 0.0822. The summed E-state index contributed by atoms with van der Waals surface area (Å²) in [6.07, 6.45) is 1.69. The molecule has 23 heavy (non-hydrogen) atoms. The number of sulfonamides is 1. The van der Waals surface area contributed by atoms with Crippen LogP contribution < -0.4 is 10.3 Å². The van der Waals surface area contributed by atoms with Crippen LogP contribution in [0.15, 0.2) is 34.1 Å². The number of nitrogens with zero attached hydrogens (tertiary/aromatic N) is 2. The summed E-state index contributed by atoms with van der Waals surface area (Å²) in [5, 5.41) is 0. The number of aromatic nitrogens is 1. The number of rotatable bonds is 2. The fraction of sp³-hybridized carbons (Fsp3) is 0.312. The summed E-state index contributed by atoms with van der Waals surface area (Å²) in [7, 11) is 1.31. The van der Waals surface area contributed by atoms with Crippen LogP contribution in [0, 0.1) is 6.92 Å². The van der Waals surface area contributed by atoms with E-state index in [4.69, 9.17) is 4.74 Å². The molecule has 0 radical (unpaired) electrons. The first-order valence-electron chi connectivity index (χ1n) is 7.10. The van der Waals surface area contributed by atoms with Gasteiger partial charge in [0.05, 0.1) is 12.0 Å². The van der Waals surface area contributed by atoms with Crippen LogP contribution in [0.4, 0.5) is 0 Å². The molecule has 1 aliphatic heterocycles. The lowest BCUT2D eigenvalue weighted by Gasteiger charge is -2.12. The van der Waals surface area contributed by atoms with Crippen molar-refractivity contribution in [2.24, 2.45) is 7.05 Å². The fourth-order valence-corrected chi connectivity index (χ4v) is 4.24. The summed E-state index contributed by atoms with van der Waals surface area (Å²) in [5.41, 5.74) is 2.63. The largest absolute Gasteiger partial charge is 0.496 e. The molecular formula is C16H18N2O4S. The van der Waals surface area contributed by atoms with Crippen molar-refractivity contribution in [3.05, 3.63) is 45.9 Å². The molecule has 0 saturated heterocycles. The lowest BCUT2D eigenvalue weighted by Crippen LogP contribution is -2.19. The van der Waals surface area contributed by atoms with E-state index in [1.165, 1.54) is 8.87 Å². The number of aryl methyl sites for hydroxylation is 2. The Labute approximate surface area is 135 Å². The van der Waals surface area contributed by atoms with E-state index >= 15 is 0 Å². The average Bonchev–Trinajstić information content (AvgIpc) is 2.72. The molecule has 6 nitrogen and oxygen atoms in total. The minimum atomic E-state index is -3.46.